The lowest BCUT2D eigenvalue weighted by Gasteiger charge is -2.35. The third-order valence-corrected chi connectivity index (χ3v) is 4.63. The van der Waals surface area contributed by atoms with Gasteiger partial charge < -0.3 is 5.32 Å². The summed E-state index contributed by atoms with van der Waals surface area (Å²) in [6.45, 7) is 12.7. The zero-order valence-electron chi connectivity index (χ0n) is 14.0. The fraction of sp³-hybridized carbons (Fsp3) is 0.611. The van der Waals surface area contributed by atoms with Crippen LogP contribution in [-0.2, 0) is 4.79 Å². The molecule has 3 nitrogen and oxygen atoms in total. The van der Waals surface area contributed by atoms with E-state index in [2.05, 4.69) is 57.0 Å². The first-order valence-corrected chi connectivity index (χ1v) is 7.96. The second kappa shape index (κ2) is 6.18. The number of nitrogens with zero attached hydrogens (tertiary/aromatic N) is 1. The first-order valence-electron chi connectivity index (χ1n) is 7.96. The molecule has 1 aromatic carbocycles. The summed E-state index contributed by atoms with van der Waals surface area (Å²) >= 11 is 0. The van der Waals surface area contributed by atoms with Gasteiger partial charge in [-0.15, -0.1) is 0 Å². The highest BCUT2D eigenvalue weighted by Gasteiger charge is 2.43. The van der Waals surface area contributed by atoms with Gasteiger partial charge in [0, 0.05) is 12.2 Å². The summed E-state index contributed by atoms with van der Waals surface area (Å²) < 4.78 is 0. The van der Waals surface area contributed by atoms with Crippen molar-refractivity contribution in [2.24, 2.45) is 5.92 Å². The van der Waals surface area contributed by atoms with Gasteiger partial charge in [0.2, 0.25) is 5.91 Å². The summed E-state index contributed by atoms with van der Waals surface area (Å²) in [5.41, 5.74) is 2.99. The minimum Gasteiger partial charge on any atom is -0.324 e. The van der Waals surface area contributed by atoms with Crippen molar-refractivity contribution in [1.29, 1.82) is 0 Å². The number of anilines is 1. The van der Waals surface area contributed by atoms with Gasteiger partial charge in [-0.2, -0.15) is 0 Å². The van der Waals surface area contributed by atoms with E-state index in [-0.39, 0.29) is 11.4 Å². The number of nitrogens with one attached hydrogen (secondary N) is 1. The fourth-order valence-electron chi connectivity index (χ4n) is 3.09. The Kier molecular flexibility index (Phi) is 4.72. The Morgan fingerprint density at radius 2 is 2.05 bits per heavy atom. The first-order chi connectivity index (χ1) is 9.83. The number of hydrogen-bond donors (Lipinski definition) is 1. The van der Waals surface area contributed by atoms with Gasteiger partial charge in [-0.05, 0) is 69.3 Å². The number of benzene rings is 1. The number of hydrogen-bond acceptors (Lipinski definition) is 2. The molecule has 0 bridgehead atoms. The number of carbonyl (C=O) groups is 1. The molecule has 0 saturated carbocycles. The predicted molar refractivity (Wildman–Crippen MR) is 88.6 cm³/mol. The minimum absolute atomic E-state index is 0.129. The van der Waals surface area contributed by atoms with Gasteiger partial charge in [-0.25, -0.2) is 0 Å². The quantitative estimate of drug-likeness (QED) is 0.915. The summed E-state index contributed by atoms with van der Waals surface area (Å²) in [7, 11) is 0. The molecule has 1 amide bonds. The average Bonchev–Trinajstić information content (AvgIpc) is 2.76. The third kappa shape index (κ3) is 3.46. The molecule has 1 saturated heterocycles. The van der Waals surface area contributed by atoms with Crippen LogP contribution in [0.25, 0.3) is 0 Å². The molecule has 1 heterocycles. The molecule has 0 aliphatic carbocycles. The lowest BCUT2D eigenvalue weighted by Crippen LogP contribution is -2.51. The largest absolute Gasteiger partial charge is 0.324 e. The molecule has 1 aromatic rings. The van der Waals surface area contributed by atoms with Gasteiger partial charge in [0.1, 0.15) is 0 Å². The third-order valence-electron chi connectivity index (χ3n) is 4.63. The topological polar surface area (TPSA) is 32.3 Å². The Morgan fingerprint density at radius 3 is 2.67 bits per heavy atom. The lowest BCUT2D eigenvalue weighted by atomic mass is 9.96. The molecular weight excluding hydrogens is 260 g/mol. The number of carbonyl (C=O) groups excluding carboxylic acids is 1. The molecule has 1 aliphatic rings. The first kappa shape index (κ1) is 16.0. The van der Waals surface area contributed by atoms with E-state index in [0.717, 1.165) is 31.6 Å². The van der Waals surface area contributed by atoms with Gasteiger partial charge in [-0.1, -0.05) is 19.9 Å². The number of amides is 1. The Bertz CT molecular complexity index is 524. The van der Waals surface area contributed by atoms with Crippen LogP contribution in [0.3, 0.4) is 0 Å². The standard InChI is InChI=1S/C18H28N2O/c1-13(2)12-20-10-6-9-18(20,5)17(21)19-16-8-7-14(3)15(4)11-16/h7-8,11,13H,6,9-10,12H2,1-5H3,(H,19,21). The predicted octanol–water partition coefficient (Wildman–Crippen LogP) is 3.75. The molecule has 116 valence electrons. The number of aryl methyl sites for hydroxylation is 2. The van der Waals surface area contributed by atoms with Crippen molar-refractivity contribution >= 4 is 11.6 Å². The highest BCUT2D eigenvalue weighted by Crippen LogP contribution is 2.31. The molecule has 3 heteroatoms. The number of likely N-dealkylation sites (tertiary alicyclic amines) is 1. The van der Waals surface area contributed by atoms with Gasteiger partial charge in [0.05, 0.1) is 5.54 Å². The maximum Gasteiger partial charge on any atom is 0.244 e. The minimum atomic E-state index is -0.372. The van der Waals surface area contributed by atoms with Crippen LogP contribution in [0, 0.1) is 19.8 Å². The maximum atomic E-state index is 12.8. The van der Waals surface area contributed by atoms with Gasteiger partial charge >= 0.3 is 0 Å². The van der Waals surface area contributed by atoms with E-state index in [1.54, 1.807) is 0 Å². The van der Waals surface area contributed by atoms with Crippen LogP contribution in [0.2, 0.25) is 0 Å². The van der Waals surface area contributed by atoms with Crippen molar-refractivity contribution in [2.45, 2.75) is 53.0 Å². The van der Waals surface area contributed by atoms with Crippen LogP contribution in [0.4, 0.5) is 5.69 Å². The second-order valence-corrected chi connectivity index (χ2v) is 6.97. The fourth-order valence-corrected chi connectivity index (χ4v) is 3.09. The van der Waals surface area contributed by atoms with Crippen molar-refractivity contribution < 1.29 is 4.79 Å². The van der Waals surface area contributed by atoms with Crippen molar-refractivity contribution in [3.63, 3.8) is 0 Å². The monoisotopic (exact) mass is 288 g/mol. The van der Waals surface area contributed by atoms with Gasteiger partial charge in [0.25, 0.3) is 0 Å². The van der Waals surface area contributed by atoms with Crippen LogP contribution in [0.5, 0.6) is 0 Å². The van der Waals surface area contributed by atoms with Crippen molar-refractivity contribution in [3.8, 4) is 0 Å². The van der Waals surface area contributed by atoms with E-state index in [1.165, 1.54) is 11.1 Å². The SMILES string of the molecule is Cc1ccc(NC(=O)C2(C)CCCN2CC(C)C)cc1C. The zero-order chi connectivity index (χ0) is 15.6. The van der Waals surface area contributed by atoms with Crippen LogP contribution in [-0.4, -0.2) is 29.4 Å². The molecule has 21 heavy (non-hydrogen) atoms. The zero-order valence-corrected chi connectivity index (χ0v) is 14.0. The normalized spacial score (nSPS) is 22.8. The summed E-state index contributed by atoms with van der Waals surface area (Å²) in [6, 6.07) is 6.11. The smallest absolute Gasteiger partial charge is 0.244 e. The summed E-state index contributed by atoms with van der Waals surface area (Å²) in [5.74, 6) is 0.709. The van der Waals surface area contributed by atoms with Crippen LogP contribution < -0.4 is 5.32 Å². The van der Waals surface area contributed by atoms with E-state index >= 15 is 0 Å². The number of rotatable bonds is 4. The van der Waals surface area contributed by atoms with Crippen molar-refractivity contribution in [3.05, 3.63) is 29.3 Å². The van der Waals surface area contributed by atoms with Crippen LogP contribution in [0.15, 0.2) is 18.2 Å². The molecular formula is C18H28N2O. The Labute approximate surface area is 128 Å². The molecule has 1 aliphatic heterocycles. The molecule has 1 atom stereocenters. The lowest BCUT2D eigenvalue weighted by molar-refractivity contribution is -0.125. The summed E-state index contributed by atoms with van der Waals surface area (Å²) in [5, 5.41) is 3.12. The van der Waals surface area contributed by atoms with E-state index in [9.17, 15) is 4.79 Å². The summed E-state index contributed by atoms with van der Waals surface area (Å²) in [4.78, 5) is 15.1. The molecule has 0 spiro atoms. The highest BCUT2D eigenvalue weighted by atomic mass is 16.2. The maximum absolute atomic E-state index is 12.8. The highest BCUT2D eigenvalue weighted by molar-refractivity contribution is 5.98. The molecule has 0 aromatic heterocycles. The molecule has 2 rings (SSSR count). The summed E-state index contributed by atoms with van der Waals surface area (Å²) in [6.07, 6.45) is 2.04. The average molecular weight is 288 g/mol. The van der Waals surface area contributed by atoms with E-state index in [1.807, 2.05) is 6.07 Å². The van der Waals surface area contributed by atoms with Gasteiger partial charge in [0.15, 0.2) is 0 Å². The Balaban J connectivity index is 2.12. The van der Waals surface area contributed by atoms with Crippen LogP contribution in [0.1, 0.15) is 44.7 Å². The van der Waals surface area contributed by atoms with E-state index in [0.29, 0.717) is 5.92 Å². The van der Waals surface area contributed by atoms with E-state index < -0.39 is 0 Å². The molecule has 1 unspecified atom stereocenters. The van der Waals surface area contributed by atoms with E-state index in [4.69, 9.17) is 0 Å². The molecule has 0 radical (unpaired) electrons. The van der Waals surface area contributed by atoms with Gasteiger partial charge in [-0.3, -0.25) is 9.69 Å². The second-order valence-electron chi connectivity index (χ2n) is 6.97. The van der Waals surface area contributed by atoms with Crippen molar-refractivity contribution in [1.82, 2.24) is 4.90 Å². The molecule has 1 N–H and O–H groups in total. The Morgan fingerprint density at radius 1 is 1.33 bits per heavy atom. The Hall–Kier alpha value is -1.35. The van der Waals surface area contributed by atoms with Crippen LogP contribution >= 0.6 is 0 Å². The molecule has 1 fully saturated rings. The van der Waals surface area contributed by atoms with Crippen molar-refractivity contribution in [2.75, 3.05) is 18.4 Å².